The molecule has 3 rings (SSSR count). The van der Waals surface area contributed by atoms with E-state index in [0.29, 0.717) is 18.0 Å². The highest BCUT2D eigenvalue weighted by Crippen LogP contribution is 2.38. The number of carbonyl (C=O) groups is 1. The van der Waals surface area contributed by atoms with Crippen LogP contribution in [-0.2, 0) is 4.74 Å². The van der Waals surface area contributed by atoms with Crippen LogP contribution in [-0.4, -0.2) is 31.3 Å². The molecular weight excluding hydrogens is 397 g/mol. The van der Waals surface area contributed by atoms with Gasteiger partial charge < -0.3 is 25.4 Å². The number of nitrogen functional groups attached to an aromatic ring is 1. The quantitative estimate of drug-likeness (QED) is 0.635. The average molecular weight is 430 g/mol. The van der Waals surface area contributed by atoms with Gasteiger partial charge in [-0.2, -0.15) is 0 Å². The number of nitrogens with zero attached hydrogens (tertiary/aromatic N) is 1. The molecule has 0 saturated carbocycles. The van der Waals surface area contributed by atoms with Gasteiger partial charge in [0.2, 0.25) is 0 Å². The number of carbonyl (C=O) groups excluding carboxylic acids is 1. The first-order valence-corrected chi connectivity index (χ1v) is 10.7. The molecule has 0 aromatic heterocycles. The highest BCUT2D eigenvalue weighted by molar-refractivity contribution is 5.75. The second-order valence-corrected chi connectivity index (χ2v) is 9.00. The highest BCUT2D eigenvalue weighted by Gasteiger charge is 2.25. The van der Waals surface area contributed by atoms with Gasteiger partial charge in [-0.05, 0) is 70.7 Å². The first-order valence-electron chi connectivity index (χ1n) is 10.7. The van der Waals surface area contributed by atoms with Gasteiger partial charge in [0.05, 0.1) is 11.4 Å². The molecule has 1 heterocycles. The van der Waals surface area contributed by atoms with E-state index in [1.165, 1.54) is 6.07 Å². The Hall–Kier alpha value is -2.96. The molecule has 0 unspecified atom stereocenters. The lowest BCUT2D eigenvalue weighted by atomic mass is 9.96. The summed E-state index contributed by atoms with van der Waals surface area (Å²) in [5.41, 5.74) is 8.22. The Morgan fingerprint density at radius 3 is 2.68 bits per heavy atom. The largest absolute Gasteiger partial charge is 0.454 e. The number of nitrogens with two attached hydrogens (primary N) is 1. The monoisotopic (exact) mass is 429 g/mol. The SMILES string of the molecule is Cc1c(Oc2ccccc2F)ccc(N)c1N1CCC[C@@H](CNC(=O)OC(C)(C)C)C1. The molecule has 1 atom stereocenters. The third kappa shape index (κ3) is 6.03. The van der Waals surface area contributed by atoms with Crippen molar-refractivity contribution in [3.8, 4) is 11.5 Å². The number of amides is 1. The van der Waals surface area contributed by atoms with E-state index in [1.54, 1.807) is 30.3 Å². The second kappa shape index (κ2) is 9.45. The minimum Gasteiger partial charge on any atom is -0.454 e. The summed E-state index contributed by atoms with van der Waals surface area (Å²) < 4.78 is 25.2. The summed E-state index contributed by atoms with van der Waals surface area (Å²) in [6.45, 7) is 9.62. The molecule has 168 valence electrons. The van der Waals surface area contributed by atoms with Crippen LogP contribution in [0.4, 0.5) is 20.6 Å². The maximum atomic E-state index is 14.0. The Bertz CT molecular complexity index is 927. The fourth-order valence-corrected chi connectivity index (χ4v) is 3.86. The number of piperidine rings is 1. The van der Waals surface area contributed by atoms with Gasteiger partial charge in [0.15, 0.2) is 11.6 Å². The molecule has 0 aliphatic carbocycles. The molecule has 1 aliphatic heterocycles. The molecule has 7 heteroatoms. The standard InChI is InChI=1S/C24H32FN3O3/c1-16-20(30-21-10-6-5-9-18(21)25)12-11-19(26)22(16)28-13-7-8-17(15-28)14-27-23(29)31-24(2,3)4/h5-6,9-12,17H,7-8,13-15,26H2,1-4H3,(H,27,29)/t17-/m0/s1. The van der Waals surface area contributed by atoms with Crippen LogP contribution in [0.2, 0.25) is 0 Å². The summed E-state index contributed by atoms with van der Waals surface area (Å²) >= 11 is 0. The molecule has 1 saturated heterocycles. The number of hydrogen-bond donors (Lipinski definition) is 2. The lowest BCUT2D eigenvalue weighted by Crippen LogP contribution is -2.42. The van der Waals surface area contributed by atoms with Crippen LogP contribution in [0.15, 0.2) is 36.4 Å². The molecule has 31 heavy (non-hydrogen) atoms. The van der Waals surface area contributed by atoms with E-state index in [0.717, 1.165) is 37.2 Å². The molecule has 6 nitrogen and oxygen atoms in total. The van der Waals surface area contributed by atoms with E-state index in [2.05, 4.69) is 10.2 Å². The maximum Gasteiger partial charge on any atom is 0.407 e. The van der Waals surface area contributed by atoms with Gasteiger partial charge in [-0.3, -0.25) is 0 Å². The van der Waals surface area contributed by atoms with Crippen LogP contribution in [0.5, 0.6) is 11.5 Å². The average Bonchev–Trinajstić information content (AvgIpc) is 2.69. The zero-order valence-corrected chi connectivity index (χ0v) is 18.7. The van der Waals surface area contributed by atoms with E-state index in [1.807, 2.05) is 27.7 Å². The molecule has 0 radical (unpaired) electrons. The minimum atomic E-state index is -0.521. The van der Waals surface area contributed by atoms with Crippen molar-refractivity contribution in [3.63, 3.8) is 0 Å². The van der Waals surface area contributed by atoms with Crippen molar-refractivity contribution in [2.45, 2.75) is 46.1 Å². The lowest BCUT2D eigenvalue weighted by molar-refractivity contribution is 0.0517. The van der Waals surface area contributed by atoms with E-state index >= 15 is 0 Å². The molecule has 1 aliphatic rings. The number of ether oxygens (including phenoxy) is 2. The van der Waals surface area contributed by atoms with Crippen molar-refractivity contribution in [2.24, 2.45) is 5.92 Å². The normalized spacial score (nSPS) is 16.7. The second-order valence-electron chi connectivity index (χ2n) is 9.00. The fourth-order valence-electron chi connectivity index (χ4n) is 3.86. The number of benzene rings is 2. The number of rotatable bonds is 5. The Morgan fingerprint density at radius 2 is 1.97 bits per heavy atom. The maximum absolute atomic E-state index is 14.0. The molecule has 0 bridgehead atoms. The van der Waals surface area contributed by atoms with Gasteiger partial charge in [0.25, 0.3) is 0 Å². The van der Waals surface area contributed by atoms with Crippen LogP contribution < -0.4 is 20.7 Å². The summed E-state index contributed by atoms with van der Waals surface area (Å²) in [6, 6.07) is 9.90. The Morgan fingerprint density at radius 1 is 1.23 bits per heavy atom. The number of alkyl carbamates (subject to hydrolysis) is 1. The third-order valence-corrected chi connectivity index (χ3v) is 5.24. The van der Waals surface area contributed by atoms with Crippen LogP contribution >= 0.6 is 0 Å². The van der Waals surface area contributed by atoms with E-state index < -0.39 is 17.5 Å². The molecule has 2 aromatic carbocycles. The van der Waals surface area contributed by atoms with Gasteiger partial charge in [-0.15, -0.1) is 0 Å². The third-order valence-electron chi connectivity index (χ3n) is 5.24. The Labute approximate surface area is 183 Å². The summed E-state index contributed by atoms with van der Waals surface area (Å²) in [6.07, 6.45) is 1.59. The smallest absolute Gasteiger partial charge is 0.407 e. The Balaban J connectivity index is 1.71. The van der Waals surface area contributed by atoms with E-state index in [4.69, 9.17) is 15.2 Å². The predicted octanol–water partition coefficient (Wildman–Crippen LogP) is 5.25. The molecule has 3 N–H and O–H groups in total. The fraction of sp³-hybridized carbons (Fsp3) is 0.458. The first-order chi connectivity index (χ1) is 14.6. The van der Waals surface area contributed by atoms with Crippen LogP contribution in [0.25, 0.3) is 0 Å². The highest BCUT2D eigenvalue weighted by atomic mass is 19.1. The van der Waals surface area contributed by atoms with Gasteiger partial charge in [-0.1, -0.05) is 12.1 Å². The van der Waals surface area contributed by atoms with Gasteiger partial charge >= 0.3 is 6.09 Å². The number of halogens is 1. The molecule has 1 amide bonds. The summed E-state index contributed by atoms with van der Waals surface area (Å²) in [5.74, 6) is 0.616. The number of anilines is 2. The van der Waals surface area contributed by atoms with Crippen LogP contribution in [0, 0.1) is 18.7 Å². The van der Waals surface area contributed by atoms with Crippen molar-refractivity contribution < 1.29 is 18.7 Å². The number of para-hydroxylation sites is 1. The zero-order chi connectivity index (χ0) is 22.6. The minimum absolute atomic E-state index is 0.180. The zero-order valence-electron chi connectivity index (χ0n) is 18.7. The number of hydrogen-bond acceptors (Lipinski definition) is 5. The van der Waals surface area contributed by atoms with Crippen molar-refractivity contribution in [1.82, 2.24) is 5.32 Å². The summed E-state index contributed by atoms with van der Waals surface area (Å²) in [5, 5.41) is 2.88. The van der Waals surface area contributed by atoms with Crippen LogP contribution in [0.1, 0.15) is 39.2 Å². The van der Waals surface area contributed by atoms with Gasteiger partial charge in [0, 0.05) is 25.2 Å². The van der Waals surface area contributed by atoms with Crippen molar-refractivity contribution in [2.75, 3.05) is 30.3 Å². The predicted molar refractivity (Wildman–Crippen MR) is 121 cm³/mol. The van der Waals surface area contributed by atoms with Gasteiger partial charge in [-0.25, -0.2) is 9.18 Å². The van der Waals surface area contributed by atoms with Crippen molar-refractivity contribution in [1.29, 1.82) is 0 Å². The van der Waals surface area contributed by atoms with Crippen LogP contribution in [0.3, 0.4) is 0 Å². The molecule has 1 fully saturated rings. The lowest BCUT2D eigenvalue weighted by Gasteiger charge is -2.36. The molecule has 0 spiro atoms. The van der Waals surface area contributed by atoms with E-state index in [9.17, 15) is 9.18 Å². The number of nitrogens with one attached hydrogen (secondary N) is 1. The molecular formula is C24H32FN3O3. The van der Waals surface area contributed by atoms with Crippen molar-refractivity contribution >= 4 is 17.5 Å². The summed E-state index contributed by atoms with van der Waals surface area (Å²) in [7, 11) is 0. The van der Waals surface area contributed by atoms with Gasteiger partial charge in [0.1, 0.15) is 11.4 Å². The Kier molecular flexibility index (Phi) is 6.93. The molecule has 2 aromatic rings. The summed E-state index contributed by atoms with van der Waals surface area (Å²) in [4.78, 5) is 14.2. The van der Waals surface area contributed by atoms with E-state index in [-0.39, 0.29) is 11.7 Å². The first kappa shape index (κ1) is 22.7. The van der Waals surface area contributed by atoms with Crippen molar-refractivity contribution in [3.05, 3.63) is 47.8 Å². The topological polar surface area (TPSA) is 76.8 Å².